The van der Waals surface area contributed by atoms with Gasteiger partial charge in [-0.15, -0.1) is 0 Å². The van der Waals surface area contributed by atoms with Crippen LogP contribution in [0.1, 0.15) is 44.0 Å². The van der Waals surface area contributed by atoms with Crippen molar-refractivity contribution >= 4 is 10.0 Å². The first-order valence-electron chi connectivity index (χ1n) is 6.48. The van der Waals surface area contributed by atoms with Gasteiger partial charge in [-0.25, -0.2) is 13.1 Å². The van der Waals surface area contributed by atoms with Gasteiger partial charge in [0, 0.05) is 6.04 Å². The Labute approximate surface area is 108 Å². The first-order valence-corrected chi connectivity index (χ1v) is 7.96. The number of rotatable bonds is 6. The molecule has 0 spiro atoms. The second kappa shape index (κ2) is 5.01. The van der Waals surface area contributed by atoms with Gasteiger partial charge in [0.1, 0.15) is 4.90 Å². The van der Waals surface area contributed by atoms with Crippen LogP contribution in [0.25, 0.3) is 0 Å². The zero-order chi connectivity index (χ0) is 13.3. The van der Waals surface area contributed by atoms with E-state index in [2.05, 4.69) is 14.9 Å². The molecule has 6 heteroatoms. The van der Waals surface area contributed by atoms with Crippen LogP contribution in [0.3, 0.4) is 0 Å². The van der Waals surface area contributed by atoms with Crippen LogP contribution in [-0.4, -0.2) is 24.7 Å². The molecule has 1 saturated carbocycles. The van der Waals surface area contributed by atoms with Gasteiger partial charge in [0.2, 0.25) is 10.0 Å². The first kappa shape index (κ1) is 13.5. The Morgan fingerprint density at radius 2 is 2.11 bits per heavy atom. The maximum absolute atomic E-state index is 12.3. The minimum atomic E-state index is -3.45. The van der Waals surface area contributed by atoms with Crippen LogP contribution in [0.15, 0.2) is 4.90 Å². The van der Waals surface area contributed by atoms with E-state index in [9.17, 15) is 8.42 Å². The minimum absolute atomic E-state index is 0.0381. The Hall–Kier alpha value is -0.880. The maximum atomic E-state index is 12.3. The predicted octanol–water partition coefficient (Wildman–Crippen LogP) is 1.88. The lowest BCUT2D eigenvalue weighted by molar-refractivity contribution is 0.495. The topological polar surface area (TPSA) is 74.8 Å². The molecule has 1 heterocycles. The van der Waals surface area contributed by atoms with Gasteiger partial charge < -0.3 is 0 Å². The fourth-order valence-electron chi connectivity index (χ4n) is 2.27. The summed E-state index contributed by atoms with van der Waals surface area (Å²) in [5.41, 5.74) is 1.13. The van der Waals surface area contributed by atoms with Crippen molar-refractivity contribution in [2.24, 2.45) is 5.92 Å². The molecule has 18 heavy (non-hydrogen) atoms. The van der Waals surface area contributed by atoms with E-state index in [4.69, 9.17) is 0 Å². The lowest BCUT2D eigenvalue weighted by Crippen LogP contribution is -2.35. The number of sulfonamides is 1. The predicted molar refractivity (Wildman–Crippen MR) is 69.8 cm³/mol. The summed E-state index contributed by atoms with van der Waals surface area (Å²) in [6.45, 7) is 5.46. The molecule has 0 amide bonds. The highest BCUT2D eigenvalue weighted by molar-refractivity contribution is 7.89. The molecular formula is C12H21N3O2S. The summed E-state index contributed by atoms with van der Waals surface area (Å²) in [4.78, 5) is 0.303. The normalized spacial score (nSPS) is 17.9. The van der Waals surface area contributed by atoms with Gasteiger partial charge in [-0.1, -0.05) is 19.8 Å². The van der Waals surface area contributed by atoms with Crippen molar-refractivity contribution in [2.75, 3.05) is 0 Å². The molecule has 2 N–H and O–H groups in total. The quantitative estimate of drug-likeness (QED) is 0.829. The van der Waals surface area contributed by atoms with E-state index in [1.165, 1.54) is 12.8 Å². The fraction of sp³-hybridized carbons (Fsp3) is 0.750. The van der Waals surface area contributed by atoms with Crippen LogP contribution < -0.4 is 4.72 Å². The van der Waals surface area contributed by atoms with Gasteiger partial charge in [-0.2, -0.15) is 5.10 Å². The number of nitrogens with one attached hydrogen (secondary N) is 2. The van der Waals surface area contributed by atoms with Crippen LogP contribution >= 0.6 is 0 Å². The standard InChI is InChI=1S/C12H21N3O2S/c1-4-11(7-10-5-6-10)15-18(16,17)12-8(2)13-14-9(12)3/h10-11,15H,4-7H2,1-3H3,(H,13,14). The summed E-state index contributed by atoms with van der Waals surface area (Å²) in [6, 6.07) is 0.0381. The van der Waals surface area contributed by atoms with E-state index in [1.807, 2.05) is 6.92 Å². The van der Waals surface area contributed by atoms with Crippen molar-refractivity contribution in [3.05, 3.63) is 11.4 Å². The Bertz CT molecular complexity index is 498. The monoisotopic (exact) mass is 271 g/mol. The molecule has 1 fully saturated rings. The lowest BCUT2D eigenvalue weighted by Gasteiger charge is -2.16. The zero-order valence-electron chi connectivity index (χ0n) is 11.2. The lowest BCUT2D eigenvalue weighted by atomic mass is 10.1. The van der Waals surface area contributed by atoms with Crippen LogP contribution in [0.4, 0.5) is 0 Å². The van der Waals surface area contributed by atoms with E-state index in [0.717, 1.165) is 12.8 Å². The van der Waals surface area contributed by atoms with Crippen molar-refractivity contribution < 1.29 is 8.42 Å². The van der Waals surface area contributed by atoms with Crippen LogP contribution in [0.5, 0.6) is 0 Å². The van der Waals surface area contributed by atoms with Crippen LogP contribution in [0, 0.1) is 19.8 Å². The van der Waals surface area contributed by atoms with E-state index < -0.39 is 10.0 Å². The summed E-state index contributed by atoms with van der Waals surface area (Å²) in [5.74, 6) is 0.712. The number of aromatic nitrogens is 2. The first-order chi connectivity index (χ1) is 8.44. The van der Waals surface area contributed by atoms with Gasteiger partial charge in [0.25, 0.3) is 0 Å². The second-order valence-corrected chi connectivity index (χ2v) is 6.82. The molecule has 0 aromatic carbocycles. The summed E-state index contributed by atoms with van der Waals surface area (Å²) < 4.78 is 27.5. The molecular weight excluding hydrogens is 250 g/mol. The van der Waals surface area contributed by atoms with Crippen molar-refractivity contribution in [3.8, 4) is 0 Å². The molecule has 0 saturated heterocycles. The van der Waals surface area contributed by atoms with Gasteiger partial charge in [0.15, 0.2) is 0 Å². The highest BCUT2D eigenvalue weighted by Gasteiger charge is 2.29. The zero-order valence-corrected chi connectivity index (χ0v) is 12.0. The number of aryl methyl sites for hydroxylation is 2. The molecule has 1 unspecified atom stereocenters. The van der Waals surface area contributed by atoms with Gasteiger partial charge in [-0.3, -0.25) is 5.10 Å². The Morgan fingerprint density at radius 1 is 1.44 bits per heavy atom. The van der Waals surface area contributed by atoms with E-state index >= 15 is 0 Å². The Balaban J connectivity index is 2.15. The number of hydrogen-bond acceptors (Lipinski definition) is 3. The molecule has 1 atom stereocenters. The molecule has 1 aliphatic rings. The number of nitrogens with zero attached hydrogens (tertiary/aromatic N) is 1. The molecule has 0 radical (unpaired) electrons. The molecule has 0 aliphatic heterocycles. The third-order valence-corrected chi connectivity index (χ3v) is 5.24. The highest BCUT2D eigenvalue weighted by Crippen LogP contribution is 2.34. The SMILES string of the molecule is CCC(CC1CC1)NS(=O)(=O)c1c(C)n[nH]c1C. The molecule has 1 aromatic rings. The third kappa shape index (κ3) is 2.92. The summed E-state index contributed by atoms with van der Waals surface area (Å²) >= 11 is 0. The summed E-state index contributed by atoms with van der Waals surface area (Å²) in [5, 5.41) is 6.66. The number of H-pyrrole nitrogens is 1. The highest BCUT2D eigenvalue weighted by atomic mass is 32.2. The fourth-order valence-corrected chi connectivity index (χ4v) is 3.97. The average molecular weight is 271 g/mol. The number of aromatic amines is 1. The summed E-state index contributed by atoms with van der Waals surface area (Å²) in [6.07, 6.45) is 4.25. The summed E-state index contributed by atoms with van der Waals surface area (Å²) in [7, 11) is -3.45. The molecule has 1 aliphatic carbocycles. The third-order valence-electron chi connectivity index (χ3n) is 3.46. The Kier molecular flexibility index (Phi) is 3.77. The van der Waals surface area contributed by atoms with Gasteiger partial charge in [0.05, 0.1) is 11.4 Å². The average Bonchev–Trinajstić information content (AvgIpc) is 3.02. The van der Waals surface area contributed by atoms with Crippen LogP contribution in [0.2, 0.25) is 0 Å². The second-order valence-electron chi connectivity index (χ2n) is 5.17. The van der Waals surface area contributed by atoms with Crippen molar-refractivity contribution in [1.82, 2.24) is 14.9 Å². The number of hydrogen-bond donors (Lipinski definition) is 2. The van der Waals surface area contributed by atoms with Crippen molar-refractivity contribution in [1.29, 1.82) is 0 Å². The van der Waals surface area contributed by atoms with Gasteiger partial charge in [-0.05, 0) is 32.6 Å². The van der Waals surface area contributed by atoms with Crippen LogP contribution in [-0.2, 0) is 10.0 Å². The molecule has 1 aromatic heterocycles. The molecule has 0 bridgehead atoms. The van der Waals surface area contributed by atoms with Crippen molar-refractivity contribution in [2.45, 2.75) is 57.4 Å². The van der Waals surface area contributed by atoms with E-state index in [-0.39, 0.29) is 6.04 Å². The van der Waals surface area contributed by atoms with E-state index in [1.54, 1.807) is 13.8 Å². The molecule has 2 rings (SSSR count). The largest absolute Gasteiger partial charge is 0.281 e. The van der Waals surface area contributed by atoms with Crippen molar-refractivity contribution in [3.63, 3.8) is 0 Å². The smallest absolute Gasteiger partial charge is 0.244 e. The molecule has 5 nitrogen and oxygen atoms in total. The maximum Gasteiger partial charge on any atom is 0.244 e. The molecule has 102 valence electrons. The minimum Gasteiger partial charge on any atom is -0.281 e. The Morgan fingerprint density at radius 3 is 2.56 bits per heavy atom. The van der Waals surface area contributed by atoms with E-state index in [0.29, 0.717) is 22.2 Å². The van der Waals surface area contributed by atoms with Gasteiger partial charge >= 0.3 is 0 Å².